The van der Waals surface area contributed by atoms with Gasteiger partial charge in [0.2, 0.25) is 0 Å². The van der Waals surface area contributed by atoms with E-state index in [1.807, 2.05) is 20.8 Å². The van der Waals surface area contributed by atoms with Gasteiger partial charge >= 0.3 is 0 Å². The lowest BCUT2D eigenvalue weighted by atomic mass is 9.44. The van der Waals surface area contributed by atoms with E-state index in [4.69, 9.17) is 14.2 Å². The average molecular weight is 617 g/mol. The smallest absolute Gasteiger partial charge is 0.186 e. The minimum Gasteiger partial charge on any atom is -0.392 e. The highest BCUT2D eigenvalue weighted by molar-refractivity contribution is 5.90. The van der Waals surface area contributed by atoms with Gasteiger partial charge in [0, 0.05) is 29.6 Å². The van der Waals surface area contributed by atoms with Gasteiger partial charge in [-0.15, -0.1) is 0 Å². The van der Waals surface area contributed by atoms with Crippen LogP contribution in [0.1, 0.15) is 93.4 Å². The molecule has 9 nitrogen and oxygen atoms in total. The highest BCUT2D eigenvalue weighted by Gasteiger charge is 2.84. The van der Waals surface area contributed by atoms with Crippen LogP contribution in [0.3, 0.4) is 0 Å². The summed E-state index contributed by atoms with van der Waals surface area (Å²) in [6, 6.07) is 0. The molecule has 6 fully saturated rings. The lowest BCUT2D eigenvalue weighted by Crippen LogP contribution is -2.59. The number of hydrogen-bond acceptors (Lipinski definition) is 9. The van der Waals surface area contributed by atoms with Crippen LogP contribution in [-0.2, 0) is 23.8 Å². The Bertz CT molecular complexity index is 1290. The third kappa shape index (κ3) is 3.84. The molecule has 7 rings (SSSR count). The molecule has 0 aromatic carbocycles. The molecule has 14 atom stereocenters. The number of carbonyl (C=O) groups is 2. The van der Waals surface area contributed by atoms with Crippen molar-refractivity contribution in [2.75, 3.05) is 6.61 Å². The number of rotatable bonds is 6. The fourth-order valence-electron chi connectivity index (χ4n) is 11.9. The van der Waals surface area contributed by atoms with Crippen LogP contribution >= 0.6 is 0 Å². The molecular formula is C35H52O9. The van der Waals surface area contributed by atoms with Crippen LogP contribution in [0, 0.1) is 44.8 Å². The zero-order valence-electron chi connectivity index (χ0n) is 27.3. The first-order valence-electron chi connectivity index (χ1n) is 16.8. The molecular weight excluding hydrogens is 564 g/mol. The van der Waals surface area contributed by atoms with Gasteiger partial charge in [-0.05, 0) is 74.0 Å². The van der Waals surface area contributed by atoms with Crippen molar-refractivity contribution in [1.29, 1.82) is 0 Å². The van der Waals surface area contributed by atoms with Crippen LogP contribution in [0.4, 0.5) is 0 Å². The Hall–Kier alpha value is -1.20. The lowest BCUT2D eigenvalue weighted by Gasteiger charge is -2.61. The largest absolute Gasteiger partial charge is 0.392 e. The Balaban J connectivity index is 1.15. The van der Waals surface area contributed by atoms with E-state index in [0.29, 0.717) is 19.3 Å². The van der Waals surface area contributed by atoms with E-state index >= 15 is 0 Å². The van der Waals surface area contributed by atoms with Gasteiger partial charge < -0.3 is 34.6 Å². The maximum Gasteiger partial charge on any atom is 0.186 e. The number of epoxide rings is 1. The summed E-state index contributed by atoms with van der Waals surface area (Å²) in [7, 11) is 0. The monoisotopic (exact) mass is 616 g/mol. The quantitative estimate of drug-likeness (QED) is 0.261. The fourth-order valence-corrected chi connectivity index (χ4v) is 11.9. The molecule has 0 bridgehead atoms. The van der Waals surface area contributed by atoms with E-state index < -0.39 is 47.8 Å². The van der Waals surface area contributed by atoms with E-state index in [1.54, 1.807) is 0 Å². The van der Waals surface area contributed by atoms with Crippen LogP contribution in [0.5, 0.6) is 0 Å². The van der Waals surface area contributed by atoms with Crippen molar-refractivity contribution in [3.63, 3.8) is 0 Å². The number of aliphatic hydroxyl groups is 4. The summed E-state index contributed by atoms with van der Waals surface area (Å²) in [6.07, 6.45) is 0.934. The molecule has 246 valence electrons. The number of aliphatic hydroxyl groups excluding tert-OH is 4. The minimum atomic E-state index is -1.33. The molecule has 0 aromatic rings. The minimum absolute atomic E-state index is 0.0687. The number of ether oxygens (including phenoxy) is 3. The molecule has 5 aliphatic carbocycles. The molecule has 9 heteroatoms. The van der Waals surface area contributed by atoms with E-state index in [0.717, 1.165) is 25.7 Å². The second kappa shape index (κ2) is 9.45. The molecule has 7 aliphatic rings. The summed E-state index contributed by atoms with van der Waals surface area (Å²) >= 11 is 0. The second-order valence-corrected chi connectivity index (χ2v) is 17.3. The number of ketones is 2. The molecule has 0 aromatic heterocycles. The number of carbonyl (C=O) groups excluding carboxylic acids is 2. The van der Waals surface area contributed by atoms with Crippen molar-refractivity contribution in [3.8, 4) is 0 Å². The van der Waals surface area contributed by atoms with Crippen LogP contribution in [0.25, 0.3) is 0 Å². The molecule has 2 heterocycles. The Morgan fingerprint density at radius 3 is 2.43 bits per heavy atom. The van der Waals surface area contributed by atoms with Crippen molar-refractivity contribution >= 4 is 11.6 Å². The number of fused-ring (bicyclic) bond motifs is 2. The molecule has 2 aliphatic heterocycles. The number of hydrogen-bond donors (Lipinski definition) is 4. The molecule has 0 amide bonds. The van der Waals surface area contributed by atoms with Crippen molar-refractivity contribution < 1.29 is 44.2 Å². The van der Waals surface area contributed by atoms with Crippen molar-refractivity contribution in [3.05, 3.63) is 11.6 Å². The van der Waals surface area contributed by atoms with Gasteiger partial charge in [0.05, 0.1) is 24.4 Å². The molecule has 44 heavy (non-hydrogen) atoms. The molecule has 1 unspecified atom stereocenters. The first-order chi connectivity index (χ1) is 20.4. The third-order valence-corrected chi connectivity index (χ3v) is 14.4. The lowest BCUT2D eigenvalue weighted by molar-refractivity contribution is -0.301. The predicted octanol–water partition coefficient (Wildman–Crippen LogP) is 3.09. The summed E-state index contributed by atoms with van der Waals surface area (Å²) in [5.41, 5.74) is -0.761. The highest BCUT2D eigenvalue weighted by atomic mass is 16.7. The summed E-state index contributed by atoms with van der Waals surface area (Å²) in [6.45, 7) is 14.6. The molecule has 2 spiro atoms. The Morgan fingerprint density at radius 1 is 1.09 bits per heavy atom. The van der Waals surface area contributed by atoms with Crippen molar-refractivity contribution in [2.24, 2.45) is 44.8 Å². The topological polar surface area (TPSA) is 146 Å². The summed E-state index contributed by atoms with van der Waals surface area (Å²) in [5.74, 6) is 0.0812. The molecule has 4 saturated carbocycles. The summed E-state index contributed by atoms with van der Waals surface area (Å²) in [4.78, 5) is 27.0. The first-order valence-corrected chi connectivity index (χ1v) is 16.8. The van der Waals surface area contributed by atoms with Crippen molar-refractivity contribution in [1.82, 2.24) is 0 Å². The maximum atomic E-state index is 13.9. The normalized spacial score (nSPS) is 53.8. The summed E-state index contributed by atoms with van der Waals surface area (Å²) < 4.78 is 17.6. The Labute approximate surface area is 260 Å². The Morgan fingerprint density at radius 2 is 1.77 bits per heavy atom. The van der Waals surface area contributed by atoms with Crippen LogP contribution < -0.4 is 0 Å². The third-order valence-electron chi connectivity index (χ3n) is 14.4. The van der Waals surface area contributed by atoms with Crippen LogP contribution in [0.2, 0.25) is 0 Å². The van der Waals surface area contributed by atoms with Crippen molar-refractivity contribution in [2.45, 2.75) is 142 Å². The van der Waals surface area contributed by atoms with Gasteiger partial charge in [-0.2, -0.15) is 0 Å². The second-order valence-electron chi connectivity index (χ2n) is 17.3. The summed E-state index contributed by atoms with van der Waals surface area (Å²) in [5, 5.41) is 42.9. The van der Waals surface area contributed by atoms with E-state index in [2.05, 4.69) is 33.8 Å². The van der Waals surface area contributed by atoms with Gasteiger partial charge in [-0.3, -0.25) is 9.59 Å². The average Bonchev–Trinajstić information content (AvgIpc) is 3.78. The van der Waals surface area contributed by atoms with Gasteiger partial charge in [-0.1, -0.05) is 46.3 Å². The molecule has 2 saturated heterocycles. The van der Waals surface area contributed by atoms with Crippen LogP contribution in [0.15, 0.2) is 11.6 Å². The predicted molar refractivity (Wildman–Crippen MR) is 159 cm³/mol. The molecule has 4 N–H and O–H groups in total. The van der Waals surface area contributed by atoms with E-state index in [9.17, 15) is 30.0 Å². The van der Waals surface area contributed by atoms with Gasteiger partial charge in [0.1, 0.15) is 30.2 Å². The fraction of sp³-hybridized carbons (Fsp3) is 0.886. The zero-order chi connectivity index (χ0) is 32.0. The van der Waals surface area contributed by atoms with E-state index in [-0.39, 0.29) is 63.7 Å². The van der Waals surface area contributed by atoms with Gasteiger partial charge in [0.25, 0.3) is 0 Å². The maximum absolute atomic E-state index is 13.9. The Kier molecular flexibility index (Phi) is 6.75. The van der Waals surface area contributed by atoms with Gasteiger partial charge in [-0.25, -0.2) is 0 Å². The standard InChI is InChI=1S/C35H52O9/c1-17(12-18(36)28-31(4,5)44-28)25-19(37)13-32(6)22-9-8-21-30(2,3)24(43-29-27(41)26(40)20(38)15-42-29)10-11-34(21)16-35(22,34)23(39)14-33(25,32)7/h9,17,20-21,23-29,38-41H,8,10-16H2,1-7H3/t17-,20-,21+,23+,24+,25+,26-,27+,28+,29?,32+,33-,34-,35+/m1/s1. The highest BCUT2D eigenvalue weighted by Crippen LogP contribution is 2.87. The first kappa shape index (κ1) is 31.4. The van der Waals surface area contributed by atoms with E-state index in [1.165, 1.54) is 5.57 Å². The van der Waals surface area contributed by atoms with Crippen LogP contribution in [-0.4, -0.2) is 87.1 Å². The number of Topliss-reactive ketones (excluding diaryl/α,β-unsaturated/α-hetero) is 2. The SMILES string of the molecule is C[C@H](CC(=O)[C@@H]1OC1(C)C)[C@H]1C(=O)C[C@@]2(C)C3=CC[C@H]4C(C)(C)[C@@H](OC5OC[C@@H](O)[C@@H](O)[C@@H]5O)CC[C@@]45C[C@@]35[C@@H](O)C[C@]12C. The number of allylic oxidation sites excluding steroid dienone is 1. The molecule has 0 radical (unpaired) electrons. The zero-order valence-corrected chi connectivity index (χ0v) is 27.3. The van der Waals surface area contributed by atoms with Gasteiger partial charge in [0.15, 0.2) is 12.1 Å².